The molecule has 19 heavy (non-hydrogen) atoms. The van der Waals surface area contributed by atoms with Crippen LogP contribution in [0.3, 0.4) is 0 Å². The predicted molar refractivity (Wildman–Crippen MR) is 81.8 cm³/mol. The first-order chi connectivity index (χ1) is 9.31. The van der Waals surface area contributed by atoms with Crippen LogP contribution in [0.4, 0.5) is 0 Å². The van der Waals surface area contributed by atoms with Crippen molar-refractivity contribution in [2.75, 3.05) is 0 Å². The third-order valence-corrected chi connectivity index (χ3v) is 3.95. The van der Waals surface area contributed by atoms with Gasteiger partial charge in [0.25, 0.3) is 0 Å². The summed E-state index contributed by atoms with van der Waals surface area (Å²) in [5.74, 6) is 0. The Labute approximate surface area is 121 Å². The largest absolute Gasteiger partial charge is 0.241 e. The molecule has 2 aromatic carbocycles. The molecule has 0 radical (unpaired) electrons. The molecule has 0 saturated heterocycles. The van der Waals surface area contributed by atoms with Crippen LogP contribution in [0.25, 0.3) is 11.3 Å². The van der Waals surface area contributed by atoms with Gasteiger partial charge in [0.1, 0.15) is 0 Å². The second kappa shape index (κ2) is 5.55. The van der Waals surface area contributed by atoms with E-state index in [4.69, 9.17) is 11.6 Å². The Balaban J connectivity index is 1.82. The van der Waals surface area contributed by atoms with Crippen LogP contribution in [-0.4, -0.2) is 4.98 Å². The molecule has 0 fully saturated rings. The Hall–Kier alpha value is -1.64. The molecule has 0 aliphatic rings. The average Bonchev–Trinajstić information content (AvgIpc) is 2.88. The first kappa shape index (κ1) is 12.4. The van der Waals surface area contributed by atoms with Crippen molar-refractivity contribution in [1.82, 2.24) is 4.98 Å². The number of hydrogen-bond acceptors (Lipinski definition) is 2. The first-order valence-corrected chi connectivity index (χ1v) is 7.31. The second-order valence-corrected chi connectivity index (χ2v) is 5.68. The van der Waals surface area contributed by atoms with Crippen molar-refractivity contribution in [2.45, 2.75) is 6.42 Å². The molecule has 0 saturated carbocycles. The summed E-state index contributed by atoms with van der Waals surface area (Å²) in [5, 5.41) is 3.99. The van der Waals surface area contributed by atoms with Gasteiger partial charge < -0.3 is 0 Å². The molecule has 0 spiro atoms. The fourth-order valence-electron chi connectivity index (χ4n) is 1.96. The Morgan fingerprint density at radius 2 is 1.84 bits per heavy atom. The molecule has 0 N–H and O–H groups in total. The SMILES string of the molecule is Clc1cccc(Cc2nc(-c3ccccc3)cs2)c1. The highest BCUT2D eigenvalue weighted by atomic mass is 35.5. The quantitative estimate of drug-likeness (QED) is 0.656. The lowest BCUT2D eigenvalue weighted by Crippen LogP contribution is -1.87. The first-order valence-electron chi connectivity index (χ1n) is 6.05. The minimum atomic E-state index is 0.775. The van der Waals surface area contributed by atoms with E-state index >= 15 is 0 Å². The number of nitrogens with zero attached hydrogens (tertiary/aromatic N) is 1. The predicted octanol–water partition coefficient (Wildman–Crippen LogP) is 5.05. The molecular weight excluding hydrogens is 274 g/mol. The van der Waals surface area contributed by atoms with E-state index in [2.05, 4.69) is 28.6 Å². The van der Waals surface area contributed by atoms with Crippen LogP contribution in [0, 0.1) is 0 Å². The van der Waals surface area contributed by atoms with Crippen LogP contribution >= 0.6 is 22.9 Å². The summed E-state index contributed by atoms with van der Waals surface area (Å²) in [6.45, 7) is 0. The molecule has 0 aliphatic heterocycles. The molecule has 1 heterocycles. The lowest BCUT2D eigenvalue weighted by atomic mass is 10.1. The number of halogens is 1. The van der Waals surface area contributed by atoms with Crippen LogP contribution in [0.5, 0.6) is 0 Å². The molecule has 3 rings (SSSR count). The van der Waals surface area contributed by atoms with Gasteiger partial charge in [-0.05, 0) is 17.7 Å². The van der Waals surface area contributed by atoms with Crippen LogP contribution in [0.2, 0.25) is 5.02 Å². The second-order valence-electron chi connectivity index (χ2n) is 4.30. The average molecular weight is 286 g/mol. The maximum atomic E-state index is 6.00. The lowest BCUT2D eigenvalue weighted by Gasteiger charge is -1.98. The van der Waals surface area contributed by atoms with Crippen molar-refractivity contribution in [3.05, 3.63) is 75.6 Å². The van der Waals surface area contributed by atoms with Gasteiger partial charge in [0.15, 0.2) is 0 Å². The highest BCUT2D eigenvalue weighted by Gasteiger charge is 2.05. The summed E-state index contributed by atoms with van der Waals surface area (Å²) in [4.78, 5) is 4.68. The molecule has 94 valence electrons. The number of hydrogen-bond donors (Lipinski definition) is 0. The van der Waals surface area contributed by atoms with Crippen molar-refractivity contribution < 1.29 is 0 Å². The van der Waals surface area contributed by atoms with E-state index in [1.807, 2.05) is 36.4 Å². The fourth-order valence-corrected chi connectivity index (χ4v) is 3.01. The monoisotopic (exact) mass is 285 g/mol. The highest BCUT2D eigenvalue weighted by Crippen LogP contribution is 2.23. The maximum absolute atomic E-state index is 6.00. The molecule has 0 amide bonds. The topological polar surface area (TPSA) is 12.9 Å². The zero-order valence-electron chi connectivity index (χ0n) is 10.2. The van der Waals surface area contributed by atoms with Crippen LogP contribution in [0.1, 0.15) is 10.6 Å². The standard InChI is InChI=1S/C16H12ClNS/c17-14-8-4-5-12(9-14)10-16-18-15(11-19-16)13-6-2-1-3-7-13/h1-9,11H,10H2. The van der Waals surface area contributed by atoms with Gasteiger partial charge in [-0.1, -0.05) is 54.1 Å². The van der Waals surface area contributed by atoms with E-state index in [0.717, 1.165) is 27.7 Å². The summed E-state index contributed by atoms with van der Waals surface area (Å²) >= 11 is 7.69. The molecule has 0 atom stereocenters. The molecule has 0 aliphatic carbocycles. The Morgan fingerprint density at radius 1 is 1.00 bits per heavy atom. The van der Waals surface area contributed by atoms with Crippen LogP contribution < -0.4 is 0 Å². The molecule has 0 unspecified atom stereocenters. The van der Waals surface area contributed by atoms with Crippen molar-refractivity contribution in [2.24, 2.45) is 0 Å². The van der Waals surface area contributed by atoms with Crippen molar-refractivity contribution in [3.8, 4) is 11.3 Å². The van der Waals surface area contributed by atoms with Gasteiger partial charge in [0.2, 0.25) is 0 Å². The van der Waals surface area contributed by atoms with Gasteiger partial charge >= 0.3 is 0 Å². The number of benzene rings is 2. The summed E-state index contributed by atoms with van der Waals surface area (Å²) in [7, 11) is 0. The minimum Gasteiger partial charge on any atom is -0.241 e. The smallest absolute Gasteiger partial charge is 0.0976 e. The number of rotatable bonds is 3. The fraction of sp³-hybridized carbons (Fsp3) is 0.0625. The molecule has 3 aromatic rings. The Kier molecular flexibility index (Phi) is 3.62. The number of thiazole rings is 1. The van der Waals surface area contributed by atoms with Crippen LogP contribution in [-0.2, 0) is 6.42 Å². The van der Waals surface area contributed by atoms with Gasteiger partial charge in [-0.15, -0.1) is 11.3 Å². The van der Waals surface area contributed by atoms with E-state index in [1.54, 1.807) is 11.3 Å². The van der Waals surface area contributed by atoms with E-state index in [1.165, 1.54) is 5.56 Å². The van der Waals surface area contributed by atoms with Gasteiger partial charge in [0.05, 0.1) is 10.7 Å². The molecule has 1 aromatic heterocycles. The summed E-state index contributed by atoms with van der Waals surface area (Å²) in [5.41, 5.74) is 3.40. The van der Waals surface area contributed by atoms with E-state index < -0.39 is 0 Å². The van der Waals surface area contributed by atoms with Gasteiger partial charge in [-0.3, -0.25) is 0 Å². The van der Waals surface area contributed by atoms with Crippen molar-refractivity contribution in [3.63, 3.8) is 0 Å². The zero-order chi connectivity index (χ0) is 13.1. The third-order valence-electron chi connectivity index (χ3n) is 2.87. The number of aromatic nitrogens is 1. The maximum Gasteiger partial charge on any atom is 0.0976 e. The summed E-state index contributed by atoms with van der Waals surface area (Å²) in [6, 6.07) is 18.2. The van der Waals surface area contributed by atoms with Gasteiger partial charge in [-0.25, -0.2) is 4.98 Å². The minimum absolute atomic E-state index is 0.775. The van der Waals surface area contributed by atoms with Crippen LogP contribution in [0.15, 0.2) is 60.0 Å². The van der Waals surface area contributed by atoms with Crippen molar-refractivity contribution in [1.29, 1.82) is 0 Å². The highest BCUT2D eigenvalue weighted by molar-refractivity contribution is 7.10. The molecule has 0 bridgehead atoms. The van der Waals surface area contributed by atoms with E-state index in [0.29, 0.717) is 0 Å². The Bertz CT molecular complexity index is 676. The van der Waals surface area contributed by atoms with Crippen molar-refractivity contribution >= 4 is 22.9 Å². The van der Waals surface area contributed by atoms with Gasteiger partial charge in [-0.2, -0.15) is 0 Å². The summed E-state index contributed by atoms with van der Waals surface area (Å²) in [6.07, 6.45) is 0.831. The molecule has 3 heteroatoms. The summed E-state index contributed by atoms with van der Waals surface area (Å²) < 4.78 is 0. The van der Waals surface area contributed by atoms with E-state index in [-0.39, 0.29) is 0 Å². The zero-order valence-corrected chi connectivity index (χ0v) is 11.8. The third kappa shape index (κ3) is 3.03. The Morgan fingerprint density at radius 3 is 2.63 bits per heavy atom. The van der Waals surface area contributed by atoms with Gasteiger partial charge in [0, 0.05) is 22.4 Å². The van der Waals surface area contributed by atoms with E-state index in [9.17, 15) is 0 Å². The molecular formula is C16H12ClNS. The molecule has 1 nitrogen and oxygen atoms in total. The normalized spacial score (nSPS) is 10.6. The lowest BCUT2D eigenvalue weighted by molar-refractivity contribution is 1.14.